The van der Waals surface area contributed by atoms with Gasteiger partial charge < -0.3 is 52.0 Å². The van der Waals surface area contributed by atoms with Crippen LogP contribution in [0.25, 0.3) is 10.8 Å². The summed E-state index contributed by atoms with van der Waals surface area (Å²) in [6, 6.07) is 19.4. The summed E-state index contributed by atoms with van der Waals surface area (Å²) in [5.41, 5.74) is 4.93. The summed E-state index contributed by atoms with van der Waals surface area (Å²) in [7, 11) is 0. The van der Waals surface area contributed by atoms with E-state index in [2.05, 4.69) is 45.0 Å². The first-order valence-electron chi connectivity index (χ1n) is 7.94. The SMILES string of the molecule is CC(C)(C)[c-]1ccc2cc3c(cc21)CCC3.[CH3-].[CH3-].[CH3-].[CH3-].[CH3-].[CH3-].[CH3-].[Hf].c1cc[cH-]c1. The van der Waals surface area contributed by atoms with Gasteiger partial charge in [0.15, 0.2) is 0 Å². The molecule has 0 nitrogen and oxygen atoms in total. The van der Waals surface area contributed by atoms with E-state index in [1.54, 1.807) is 11.1 Å². The summed E-state index contributed by atoms with van der Waals surface area (Å²) < 4.78 is 0. The van der Waals surface area contributed by atoms with Gasteiger partial charge in [0.2, 0.25) is 0 Å². The Morgan fingerprint density at radius 1 is 0.793 bits per heavy atom. The summed E-state index contributed by atoms with van der Waals surface area (Å²) in [5.74, 6) is 0. The first-order valence-corrected chi connectivity index (χ1v) is 7.94. The van der Waals surface area contributed by atoms with E-state index in [9.17, 15) is 0 Å². The molecule has 0 unspecified atom stereocenters. The molecule has 0 spiro atoms. The second kappa shape index (κ2) is 17.9. The fourth-order valence-corrected chi connectivity index (χ4v) is 3.25. The molecule has 1 heteroatoms. The van der Waals surface area contributed by atoms with Crippen LogP contribution in [0, 0.1) is 52.0 Å². The van der Waals surface area contributed by atoms with E-state index in [1.807, 2.05) is 30.3 Å². The van der Waals surface area contributed by atoms with Gasteiger partial charge in [-0.1, -0.05) is 31.9 Å². The van der Waals surface area contributed by atoms with E-state index in [4.69, 9.17) is 0 Å². The maximum Gasteiger partial charge on any atom is 0 e. The number of hydrogen-bond donors (Lipinski definition) is 0. The van der Waals surface area contributed by atoms with Crippen molar-refractivity contribution in [2.45, 2.75) is 45.4 Å². The van der Waals surface area contributed by atoms with Crippen LogP contribution in [0.4, 0.5) is 0 Å². The monoisotopic (exact) mass is 561 g/mol. The molecule has 0 aliphatic heterocycles. The van der Waals surface area contributed by atoms with Gasteiger partial charge in [0, 0.05) is 25.8 Å². The molecule has 0 atom stereocenters. The second-order valence-electron chi connectivity index (χ2n) is 7.02. The van der Waals surface area contributed by atoms with Crippen LogP contribution in [-0.2, 0) is 44.1 Å². The van der Waals surface area contributed by atoms with Gasteiger partial charge in [-0.25, -0.2) is 12.1 Å². The minimum Gasteiger partial charge on any atom is -0.358 e. The standard InChI is InChI=1S/C16H19.C5H5.7CH3.Hf/c1-16(2,3)15-8-7-13-9-11-5-4-6-12(11)10-14(13)15;1-2-4-5-3-1;;;;;;;;/h7-10H,4-6H2,1-3H3;1-5H;7*1H3;/q9*-1;. The predicted molar refractivity (Wildman–Crippen MR) is 137 cm³/mol. The molecule has 0 saturated carbocycles. The quantitative estimate of drug-likeness (QED) is 0.190. The summed E-state index contributed by atoms with van der Waals surface area (Å²) >= 11 is 0. The van der Waals surface area contributed by atoms with Crippen molar-refractivity contribution < 1.29 is 25.8 Å². The summed E-state index contributed by atoms with van der Waals surface area (Å²) in [5, 5.41) is 2.92. The molecular formula is C28H45Hf-9. The van der Waals surface area contributed by atoms with Crippen LogP contribution in [0.1, 0.15) is 43.9 Å². The Labute approximate surface area is 204 Å². The zero-order chi connectivity index (χ0) is 14.9. The average Bonchev–Trinajstić information content (AvgIpc) is 3.16. The maximum absolute atomic E-state index is 2.44. The van der Waals surface area contributed by atoms with Crippen molar-refractivity contribution in [2.24, 2.45) is 0 Å². The van der Waals surface area contributed by atoms with Crippen molar-refractivity contribution in [2.75, 3.05) is 0 Å². The smallest absolute Gasteiger partial charge is 0 e. The Balaban J connectivity index is -0.0000000916. The average molecular weight is 560 g/mol. The van der Waals surface area contributed by atoms with Gasteiger partial charge in [-0.2, -0.15) is 24.3 Å². The molecule has 3 aromatic rings. The zero-order valence-electron chi connectivity index (χ0n) is 20.8. The van der Waals surface area contributed by atoms with Crippen LogP contribution < -0.4 is 0 Å². The van der Waals surface area contributed by atoms with E-state index in [0.717, 1.165) is 0 Å². The van der Waals surface area contributed by atoms with Crippen molar-refractivity contribution in [3.8, 4) is 0 Å². The zero-order valence-corrected chi connectivity index (χ0v) is 24.4. The Bertz CT molecular complexity index is 691. The van der Waals surface area contributed by atoms with Gasteiger partial charge in [0.1, 0.15) is 0 Å². The van der Waals surface area contributed by atoms with Crippen molar-refractivity contribution in [1.29, 1.82) is 0 Å². The Kier molecular flexibility index (Phi) is 26.0. The number of benzene rings is 1. The molecule has 29 heavy (non-hydrogen) atoms. The summed E-state index contributed by atoms with van der Waals surface area (Å²) in [6.45, 7) is 6.90. The molecule has 0 fully saturated rings. The van der Waals surface area contributed by atoms with Gasteiger partial charge in [-0.3, -0.25) is 0 Å². The first kappa shape index (κ1) is 42.2. The van der Waals surface area contributed by atoms with Crippen LogP contribution >= 0.6 is 0 Å². The molecule has 4 rings (SSSR count). The molecule has 0 amide bonds. The number of hydrogen-bond acceptors (Lipinski definition) is 0. The summed E-state index contributed by atoms with van der Waals surface area (Å²) in [4.78, 5) is 0. The number of aryl methyl sites for hydroxylation is 2. The van der Waals surface area contributed by atoms with Crippen LogP contribution in [0.3, 0.4) is 0 Å². The number of rotatable bonds is 0. The van der Waals surface area contributed by atoms with E-state index >= 15 is 0 Å². The minimum absolute atomic E-state index is 0. The third-order valence-electron chi connectivity index (χ3n) is 4.35. The molecule has 0 aromatic heterocycles. The Morgan fingerprint density at radius 3 is 1.69 bits per heavy atom. The molecule has 1 aliphatic carbocycles. The van der Waals surface area contributed by atoms with Gasteiger partial charge in [-0.05, 0) is 24.7 Å². The maximum atomic E-state index is 2.44. The van der Waals surface area contributed by atoms with Crippen molar-refractivity contribution in [1.82, 2.24) is 0 Å². The van der Waals surface area contributed by atoms with Gasteiger partial charge in [0.25, 0.3) is 0 Å². The van der Waals surface area contributed by atoms with E-state index in [-0.39, 0.29) is 83.2 Å². The Hall–Kier alpha value is -0.950. The molecular weight excluding hydrogens is 515 g/mol. The van der Waals surface area contributed by atoms with Crippen molar-refractivity contribution in [3.05, 3.63) is 123 Å². The fraction of sp³-hybridized carbons (Fsp3) is 0.250. The predicted octanol–water partition coefficient (Wildman–Crippen LogP) is 8.90. The first-order chi connectivity index (χ1) is 10.1. The van der Waals surface area contributed by atoms with Crippen LogP contribution in [0.15, 0.2) is 54.6 Å². The normalized spacial score (nSPS) is 10.0. The largest absolute Gasteiger partial charge is 0.358 e. The van der Waals surface area contributed by atoms with E-state index in [0.29, 0.717) is 0 Å². The van der Waals surface area contributed by atoms with Crippen molar-refractivity contribution in [3.63, 3.8) is 0 Å². The number of fused-ring (bicyclic) bond motifs is 2. The molecule has 0 bridgehead atoms. The molecule has 0 radical (unpaired) electrons. The van der Waals surface area contributed by atoms with Crippen LogP contribution in [0.2, 0.25) is 0 Å². The van der Waals surface area contributed by atoms with Gasteiger partial charge >= 0.3 is 0 Å². The minimum atomic E-state index is 0. The van der Waals surface area contributed by atoms with Crippen molar-refractivity contribution >= 4 is 10.8 Å². The summed E-state index contributed by atoms with van der Waals surface area (Å²) in [6.07, 6.45) is 3.90. The molecule has 0 N–H and O–H groups in total. The third-order valence-corrected chi connectivity index (χ3v) is 4.35. The molecule has 0 heterocycles. The molecule has 0 saturated heterocycles. The van der Waals surface area contributed by atoms with Crippen LogP contribution in [0.5, 0.6) is 0 Å². The van der Waals surface area contributed by atoms with Gasteiger partial charge in [-0.15, -0.1) is 34.5 Å². The topological polar surface area (TPSA) is 0 Å². The van der Waals surface area contributed by atoms with E-state index < -0.39 is 0 Å². The molecule has 3 aromatic carbocycles. The van der Waals surface area contributed by atoms with Gasteiger partial charge in [0.05, 0.1) is 0 Å². The van der Waals surface area contributed by atoms with E-state index in [1.165, 1.54) is 35.6 Å². The second-order valence-corrected chi connectivity index (χ2v) is 7.02. The Morgan fingerprint density at radius 2 is 1.28 bits per heavy atom. The van der Waals surface area contributed by atoms with Crippen LogP contribution in [-0.4, -0.2) is 0 Å². The third kappa shape index (κ3) is 10.1. The fourth-order valence-electron chi connectivity index (χ4n) is 3.25. The molecule has 170 valence electrons. The molecule has 1 aliphatic rings.